The normalized spacial score (nSPS) is 12.2. The van der Waals surface area contributed by atoms with E-state index in [0.29, 0.717) is 10.3 Å². The van der Waals surface area contributed by atoms with E-state index in [1.54, 1.807) is 0 Å². The van der Waals surface area contributed by atoms with Crippen LogP contribution in [0.2, 0.25) is 0 Å². The Morgan fingerprint density at radius 2 is 2.04 bits per heavy atom. The number of amides is 1. The zero-order valence-corrected chi connectivity index (χ0v) is 17.0. The van der Waals surface area contributed by atoms with Gasteiger partial charge in [-0.1, -0.05) is 35.5 Å². The van der Waals surface area contributed by atoms with E-state index in [1.807, 2.05) is 57.5 Å². The van der Waals surface area contributed by atoms with Crippen molar-refractivity contribution in [3.05, 3.63) is 40.4 Å². The maximum Gasteiger partial charge on any atom is 0.239 e. The van der Waals surface area contributed by atoms with Crippen molar-refractivity contribution in [1.29, 1.82) is 0 Å². The Hall–Kier alpha value is -2.19. The highest BCUT2D eigenvalue weighted by molar-refractivity contribution is 8.00. The summed E-state index contributed by atoms with van der Waals surface area (Å²) >= 11 is 2.87. The first-order chi connectivity index (χ1) is 12.3. The van der Waals surface area contributed by atoms with Gasteiger partial charge in [0.25, 0.3) is 0 Å². The lowest BCUT2D eigenvalue weighted by atomic mass is 10.1. The molecule has 8 heteroatoms. The Balaban J connectivity index is 1.71. The van der Waals surface area contributed by atoms with Gasteiger partial charge in [-0.3, -0.25) is 4.79 Å². The van der Waals surface area contributed by atoms with Gasteiger partial charge in [0.05, 0.1) is 10.9 Å². The number of carbonyl (C=O) groups is 1. The van der Waals surface area contributed by atoms with Crippen molar-refractivity contribution in [3.8, 4) is 11.4 Å². The maximum absolute atomic E-state index is 12.4. The molecule has 1 amide bonds. The SMILES string of the molecule is Cc1cccc(-c2nnc(S[C@@H](C)C(=O)Nc3nc(C)c(C)s3)n2C)c1. The van der Waals surface area contributed by atoms with E-state index in [9.17, 15) is 4.79 Å². The number of nitrogens with zero attached hydrogens (tertiary/aromatic N) is 4. The van der Waals surface area contributed by atoms with Gasteiger partial charge in [0.2, 0.25) is 5.91 Å². The monoisotopic (exact) mass is 387 g/mol. The highest BCUT2D eigenvalue weighted by Gasteiger charge is 2.20. The Kier molecular flexibility index (Phi) is 5.43. The van der Waals surface area contributed by atoms with Gasteiger partial charge in [-0.15, -0.1) is 21.5 Å². The summed E-state index contributed by atoms with van der Waals surface area (Å²) in [6.07, 6.45) is 0. The van der Waals surface area contributed by atoms with Crippen LogP contribution in [0.25, 0.3) is 11.4 Å². The first kappa shape index (κ1) is 18.6. The minimum absolute atomic E-state index is 0.0937. The summed E-state index contributed by atoms with van der Waals surface area (Å²) in [5.41, 5.74) is 3.13. The topological polar surface area (TPSA) is 72.7 Å². The minimum atomic E-state index is -0.312. The van der Waals surface area contributed by atoms with Crippen molar-refractivity contribution in [2.75, 3.05) is 5.32 Å². The molecule has 3 aromatic rings. The minimum Gasteiger partial charge on any atom is -0.305 e. The number of hydrogen-bond acceptors (Lipinski definition) is 6. The van der Waals surface area contributed by atoms with Crippen LogP contribution in [0.5, 0.6) is 0 Å². The molecule has 0 radical (unpaired) electrons. The van der Waals surface area contributed by atoms with Gasteiger partial charge in [0.1, 0.15) is 0 Å². The van der Waals surface area contributed by atoms with Crippen molar-refractivity contribution in [2.24, 2.45) is 7.05 Å². The van der Waals surface area contributed by atoms with Crippen LogP contribution in [-0.4, -0.2) is 30.9 Å². The Bertz CT molecular complexity index is 927. The molecule has 3 rings (SSSR count). The molecule has 2 aromatic heterocycles. The highest BCUT2D eigenvalue weighted by atomic mass is 32.2. The molecule has 6 nitrogen and oxygen atoms in total. The number of aryl methyl sites for hydroxylation is 3. The van der Waals surface area contributed by atoms with Crippen LogP contribution in [0.1, 0.15) is 23.1 Å². The Morgan fingerprint density at radius 3 is 2.69 bits per heavy atom. The average Bonchev–Trinajstić information content (AvgIpc) is 3.10. The van der Waals surface area contributed by atoms with Crippen LogP contribution in [0, 0.1) is 20.8 Å². The highest BCUT2D eigenvalue weighted by Crippen LogP contribution is 2.27. The summed E-state index contributed by atoms with van der Waals surface area (Å²) in [4.78, 5) is 17.9. The van der Waals surface area contributed by atoms with Gasteiger partial charge in [-0.05, 0) is 33.8 Å². The lowest BCUT2D eigenvalue weighted by Gasteiger charge is -2.10. The fourth-order valence-corrected chi connectivity index (χ4v) is 4.03. The molecule has 26 heavy (non-hydrogen) atoms. The standard InChI is InChI=1S/C18H21N5OS2/c1-10-7-6-8-14(9-10)15-21-22-18(23(15)5)26-13(4)16(24)20-17-19-11(2)12(3)25-17/h6-9,13H,1-5H3,(H,19,20,24)/t13-/m0/s1. The molecular formula is C18H21N5OS2. The number of benzene rings is 1. The predicted molar refractivity (Wildman–Crippen MR) is 107 cm³/mol. The smallest absolute Gasteiger partial charge is 0.239 e. The van der Waals surface area contributed by atoms with E-state index < -0.39 is 0 Å². The van der Waals surface area contributed by atoms with Crippen molar-refractivity contribution in [1.82, 2.24) is 19.7 Å². The van der Waals surface area contributed by atoms with E-state index in [0.717, 1.165) is 22.0 Å². The summed E-state index contributed by atoms with van der Waals surface area (Å²) in [5, 5.41) is 12.4. The fraction of sp³-hybridized carbons (Fsp3) is 0.333. The summed E-state index contributed by atoms with van der Waals surface area (Å²) in [6, 6.07) is 8.13. The predicted octanol–water partition coefficient (Wildman–Crippen LogP) is 3.98. The van der Waals surface area contributed by atoms with Gasteiger partial charge in [-0.2, -0.15) is 0 Å². The number of hydrogen-bond donors (Lipinski definition) is 1. The summed E-state index contributed by atoms with van der Waals surface area (Å²) < 4.78 is 1.92. The number of thiazole rings is 1. The van der Waals surface area contributed by atoms with Crippen LogP contribution < -0.4 is 5.32 Å². The second kappa shape index (κ2) is 7.59. The summed E-state index contributed by atoms with van der Waals surface area (Å²) in [6.45, 7) is 7.83. The average molecular weight is 388 g/mol. The summed E-state index contributed by atoms with van der Waals surface area (Å²) in [7, 11) is 1.91. The van der Waals surface area contributed by atoms with Gasteiger partial charge in [0, 0.05) is 17.5 Å². The number of nitrogens with one attached hydrogen (secondary N) is 1. The van der Waals surface area contributed by atoms with Crippen molar-refractivity contribution in [3.63, 3.8) is 0 Å². The van der Waals surface area contributed by atoms with Crippen LogP contribution in [0.15, 0.2) is 29.4 Å². The van der Waals surface area contributed by atoms with Gasteiger partial charge in [0.15, 0.2) is 16.1 Å². The second-order valence-electron chi connectivity index (χ2n) is 6.14. The molecule has 0 aliphatic carbocycles. The summed E-state index contributed by atoms with van der Waals surface area (Å²) in [5.74, 6) is 0.693. The zero-order chi connectivity index (χ0) is 18.8. The van der Waals surface area contributed by atoms with E-state index in [-0.39, 0.29) is 11.2 Å². The zero-order valence-electron chi connectivity index (χ0n) is 15.4. The van der Waals surface area contributed by atoms with Crippen LogP contribution in [-0.2, 0) is 11.8 Å². The van der Waals surface area contributed by atoms with E-state index in [2.05, 4.69) is 26.6 Å². The van der Waals surface area contributed by atoms with Gasteiger partial charge >= 0.3 is 0 Å². The number of aromatic nitrogens is 4. The molecule has 0 saturated carbocycles. The van der Waals surface area contributed by atoms with Crippen molar-refractivity contribution < 1.29 is 4.79 Å². The molecule has 1 aromatic carbocycles. The Morgan fingerprint density at radius 1 is 1.27 bits per heavy atom. The molecule has 0 fully saturated rings. The molecule has 0 saturated heterocycles. The molecule has 0 aliphatic rings. The fourth-order valence-electron chi connectivity index (χ4n) is 2.40. The molecule has 2 heterocycles. The molecular weight excluding hydrogens is 366 g/mol. The largest absolute Gasteiger partial charge is 0.305 e. The molecule has 0 bridgehead atoms. The van der Waals surface area contributed by atoms with E-state index in [1.165, 1.54) is 28.7 Å². The molecule has 0 unspecified atom stereocenters. The second-order valence-corrected chi connectivity index (χ2v) is 8.66. The van der Waals surface area contributed by atoms with Crippen LogP contribution in [0.3, 0.4) is 0 Å². The number of rotatable bonds is 5. The maximum atomic E-state index is 12.4. The number of anilines is 1. The van der Waals surface area contributed by atoms with Crippen LogP contribution >= 0.6 is 23.1 Å². The molecule has 1 N–H and O–H groups in total. The van der Waals surface area contributed by atoms with Gasteiger partial charge < -0.3 is 9.88 Å². The van der Waals surface area contributed by atoms with E-state index in [4.69, 9.17) is 0 Å². The molecule has 0 aliphatic heterocycles. The molecule has 136 valence electrons. The lowest BCUT2D eigenvalue weighted by molar-refractivity contribution is -0.115. The lowest BCUT2D eigenvalue weighted by Crippen LogP contribution is -2.22. The quantitative estimate of drug-likeness (QED) is 0.670. The van der Waals surface area contributed by atoms with Crippen LogP contribution in [0.4, 0.5) is 5.13 Å². The third kappa shape index (κ3) is 3.96. The third-order valence-corrected chi connectivity index (χ3v) is 6.14. The molecule has 0 spiro atoms. The number of thioether (sulfide) groups is 1. The van der Waals surface area contributed by atoms with Crippen molar-refractivity contribution >= 4 is 34.1 Å². The van der Waals surface area contributed by atoms with Crippen molar-refractivity contribution in [2.45, 2.75) is 38.1 Å². The first-order valence-electron chi connectivity index (χ1n) is 8.23. The van der Waals surface area contributed by atoms with Gasteiger partial charge in [-0.25, -0.2) is 4.98 Å². The first-order valence-corrected chi connectivity index (χ1v) is 9.92. The Labute approximate surface area is 161 Å². The molecule has 1 atom stereocenters. The number of carbonyl (C=O) groups excluding carboxylic acids is 1. The van der Waals surface area contributed by atoms with E-state index >= 15 is 0 Å². The third-order valence-electron chi connectivity index (χ3n) is 4.02.